The molecule has 1 rings (SSSR count). The Bertz CT molecular complexity index is 375. The number of nitrogens with zero attached hydrogens (tertiary/aromatic N) is 3. The predicted molar refractivity (Wildman–Crippen MR) is 95.6 cm³/mol. The molecular formula is C14H28IN5. The first kappa shape index (κ1) is 19.2. The second kappa shape index (κ2) is 10.0. The largest absolute Gasteiger partial charge is 0.356 e. The van der Waals surface area contributed by atoms with Crippen molar-refractivity contribution in [3.63, 3.8) is 0 Å². The van der Waals surface area contributed by atoms with Gasteiger partial charge in [0.05, 0.1) is 0 Å². The molecule has 1 aromatic rings. The SMILES string of the molecule is CN=C(NCC(C)Cn1cccn1)NC(C)C(C)C.I. The molecule has 0 fully saturated rings. The first-order chi connectivity index (χ1) is 9.02. The molecule has 0 amide bonds. The van der Waals surface area contributed by atoms with Crippen LogP contribution in [0, 0.1) is 11.8 Å². The zero-order valence-corrected chi connectivity index (χ0v) is 15.5. The molecule has 1 heterocycles. The van der Waals surface area contributed by atoms with Gasteiger partial charge < -0.3 is 10.6 Å². The number of aliphatic imine (C=N–C) groups is 1. The Labute approximate surface area is 139 Å². The van der Waals surface area contributed by atoms with E-state index in [2.05, 4.69) is 48.4 Å². The Morgan fingerprint density at radius 2 is 2.00 bits per heavy atom. The summed E-state index contributed by atoms with van der Waals surface area (Å²) in [5.41, 5.74) is 0. The van der Waals surface area contributed by atoms with Crippen molar-refractivity contribution in [3.8, 4) is 0 Å². The predicted octanol–water partition coefficient (Wildman–Crippen LogP) is 2.35. The lowest BCUT2D eigenvalue weighted by Crippen LogP contribution is -2.45. The van der Waals surface area contributed by atoms with Crippen LogP contribution in [-0.4, -0.2) is 35.4 Å². The van der Waals surface area contributed by atoms with Gasteiger partial charge in [0.15, 0.2) is 5.96 Å². The second-order valence-corrected chi connectivity index (χ2v) is 5.46. The highest BCUT2D eigenvalue weighted by Crippen LogP contribution is 2.00. The molecule has 6 heteroatoms. The molecule has 0 aromatic carbocycles. The fourth-order valence-corrected chi connectivity index (χ4v) is 1.64. The van der Waals surface area contributed by atoms with Gasteiger partial charge in [0.1, 0.15) is 0 Å². The van der Waals surface area contributed by atoms with Crippen molar-refractivity contribution in [1.29, 1.82) is 0 Å². The molecule has 0 radical (unpaired) electrons. The van der Waals surface area contributed by atoms with Crippen LogP contribution in [0.1, 0.15) is 27.7 Å². The van der Waals surface area contributed by atoms with Crippen molar-refractivity contribution in [2.75, 3.05) is 13.6 Å². The van der Waals surface area contributed by atoms with E-state index in [-0.39, 0.29) is 24.0 Å². The van der Waals surface area contributed by atoms with Crippen LogP contribution in [0.25, 0.3) is 0 Å². The van der Waals surface area contributed by atoms with Crippen molar-refractivity contribution in [3.05, 3.63) is 18.5 Å². The summed E-state index contributed by atoms with van der Waals surface area (Å²) >= 11 is 0. The van der Waals surface area contributed by atoms with Gasteiger partial charge >= 0.3 is 0 Å². The first-order valence-corrected chi connectivity index (χ1v) is 6.97. The van der Waals surface area contributed by atoms with Crippen molar-refractivity contribution in [2.45, 2.75) is 40.3 Å². The van der Waals surface area contributed by atoms with Gasteiger partial charge in [-0.1, -0.05) is 20.8 Å². The Balaban J connectivity index is 0.00000361. The molecule has 2 N–H and O–H groups in total. The van der Waals surface area contributed by atoms with Crippen LogP contribution in [0.15, 0.2) is 23.5 Å². The van der Waals surface area contributed by atoms with Crippen LogP contribution >= 0.6 is 24.0 Å². The monoisotopic (exact) mass is 393 g/mol. The molecule has 116 valence electrons. The van der Waals surface area contributed by atoms with E-state index in [4.69, 9.17) is 0 Å². The topological polar surface area (TPSA) is 54.2 Å². The van der Waals surface area contributed by atoms with Gasteiger partial charge in [0.2, 0.25) is 0 Å². The molecule has 20 heavy (non-hydrogen) atoms. The Kier molecular flexibility index (Phi) is 9.62. The molecule has 0 aliphatic rings. The Morgan fingerprint density at radius 3 is 2.50 bits per heavy atom. The third-order valence-electron chi connectivity index (χ3n) is 3.26. The van der Waals surface area contributed by atoms with E-state index in [0.29, 0.717) is 17.9 Å². The van der Waals surface area contributed by atoms with Crippen molar-refractivity contribution in [2.24, 2.45) is 16.8 Å². The van der Waals surface area contributed by atoms with Gasteiger partial charge in [0, 0.05) is 38.6 Å². The maximum atomic E-state index is 4.25. The summed E-state index contributed by atoms with van der Waals surface area (Å²) in [4.78, 5) is 4.25. The molecule has 0 saturated carbocycles. The molecule has 2 unspecified atom stereocenters. The van der Waals surface area contributed by atoms with E-state index in [1.54, 1.807) is 7.05 Å². The molecule has 0 aliphatic carbocycles. The highest BCUT2D eigenvalue weighted by Gasteiger charge is 2.10. The van der Waals surface area contributed by atoms with Crippen LogP contribution in [0.2, 0.25) is 0 Å². The number of hydrogen-bond acceptors (Lipinski definition) is 2. The number of halogens is 1. The van der Waals surface area contributed by atoms with E-state index in [1.165, 1.54) is 0 Å². The third kappa shape index (κ3) is 7.12. The van der Waals surface area contributed by atoms with E-state index >= 15 is 0 Å². The van der Waals surface area contributed by atoms with Gasteiger partial charge in [-0.15, -0.1) is 24.0 Å². The number of hydrogen-bond donors (Lipinski definition) is 2. The summed E-state index contributed by atoms with van der Waals surface area (Å²) < 4.78 is 1.96. The summed E-state index contributed by atoms with van der Waals surface area (Å²) in [5, 5.41) is 11.0. The van der Waals surface area contributed by atoms with Crippen molar-refractivity contribution in [1.82, 2.24) is 20.4 Å². The van der Waals surface area contributed by atoms with Crippen LogP contribution in [0.5, 0.6) is 0 Å². The molecule has 0 saturated heterocycles. The highest BCUT2D eigenvalue weighted by atomic mass is 127. The smallest absolute Gasteiger partial charge is 0.191 e. The molecule has 0 bridgehead atoms. The molecule has 1 aromatic heterocycles. The van der Waals surface area contributed by atoms with E-state index < -0.39 is 0 Å². The summed E-state index contributed by atoms with van der Waals surface area (Å²) in [6, 6.07) is 2.36. The number of aromatic nitrogens is 2. The minimum absolute atomic E-state index is 0. The van der Waals surface area contributed by atoms with Gasteiger partial charge in [-0.25, -0.2) is 0 Å². The van der Waals surface area contributed by atoms with Crippen molar-refractivity contribution < 1.29 is 0 Å². The van der Waals surface area contributed by atoms with Crippen molar-refractivity contribution >= 4 is 29.9 Å². The summed E-state index contributed by atoms with van der Waals surface area (Å²) in [5.74, 6) is 1.95. The number of rotatable bonds is 6. The Morgan fingerprint density at radius 1 is 1.30 bits per heavy atom. The van der Waals surface area contributed by atoms with Crippen LogP contribution < -0.4 is 10.6 Å². The second-order valence-electron chi connectivity index (χ2n) is 5.46. The lowest BCUT2D eigenvalue weighted by Gasteiger charge is -2.22. The standard InChI is InChI=1S/C14H27N5.HI/c1-11(2)13(4)18-14(15-5)16-9-12(3)10-19-8-6-7-17-19;/h6-8,11-13H,9-10H2,1-5H3,(H2,15,16,18);1H. The first-order valence-electron chi connectivity index (χ1n) is 6.97. The average Bonchev–Trinajstić information content (AvgIpc) is 2.86. The summed E-state index contributed by atoms with van der Waals surface area (Å²) in [7, 11) is 1.81. The van der Waals surface area contributed by atoms with Gasteiger partial charge in [-0.3, -0.25) is 9.67 Å². The minimum Gasteiger partial charge on any atom is -0.356 e. The molecule has 5 nitrogen and oxygen atoms in total. The van der Waals surface area contributed by atoms with Crippen LogP contribution in [0.3, 0.4) is 0 Å². The van der Waals surface area contributed by atoms with Gasteiger partial charge in [0.25, 0.3) is 0 Å². The fourth-order valence-electron chi connectivity index (χ4n) is 1.64. The Hall–Kier alpha value is -0.790. The normalized spacial score (nSPS) is 14.6. The molecular weight excluding hydrogens is 365 g/mol. The summed E-state index contributed by atoms with van der Waals surface area (Å²) in [6.07, 6.45) is 3.80. The molecule has 2 atom stereocenters. The quantitative estimate of drug-likeness (QED) is 0.443. The van der Waals surface area contributed by atoms with E-state index in [9.17, 15) is 0 Å². The summed E-state index contributed by atoms with van der Waals surface area (Å²) in [6.45, 7) is 10.6. The number of nitrogens with one attached hydrogen (secondary N) is 2. The van der Waals surface area contributed by atoms with E-state index in [1.807, 2.05) is 23.1 Å². The highest BCUT2D eigenvalue weighted by molar-refractivity contribution is 14.0. The maximum absolute atomic E-state index is 4.25. The van der Waals surface area contributed by atoms with Crippen LogP contribution in [0.4, 0.5) is 0 Å². The molecule has 0 aliphatic heterocycles. The zero-order chi connectivity index (χ0) is 14.3. The molecule has 0 spiro atoms. The lowest BCUT2D eigenvalue weighted by atomic mass is 10.1. The third-order valence-corrected chi connectivity index (χ3v) is 3.26. The van der Waals surface area contributed by atoms with Crippen LogP contribution in [-0.2, 0) is 6.54 Å². The fraction of sp³-hybridized carbons (Fsp3) is 0.714. The zero-order valence-electron chi connectivity index (χ0n) is 13.1. The average molecular weight is 393 g/mol. The maximum Gasteiger partial charge on any atom is 0.191 e. The van der Waals surface area contributed by atoms with Gasteiger partial charge in [-0.05, 0) is 24.8 Å². The van der Waals surface area contributed by atoms with Gasteiger partial charge in [-0.2, -0.15) is 5.10 Å². The minimum atomic E-state index is 0. The van der Waals surface area contributed by atoms with E-state index in [0.717, 1.165) is 19.0 Å². The number of guanidine groups is 1. The lowest BCUT2D eigenvalue weighted by molar-refractivity contribution is 0.436.